The highest BCUT2D eigenvalue weighted by Gasteiger charge is 2.13. The van der Waals surface area contributed by atoms with Gasteiger partial charge in [0.25, 0.3) is 5.69 Å². The van der Waals surface area contributed by atoms with Crippen LogP contribution in [0.4, 0.5) is 29.0 Å². The molecule has 0 atom stereocenters. The van der Waals surface area contributed by atoms with Crippen molar-refractivity contribution in [3.63, 3.8) is 0 Å². The van der Waals surface area contributed by atoms with Crippen LogP contribution in [0.2, 0.25) is 5.02 Å². The van der Waals surface area contributed by atoms with Gasteiger partial charge < -0.3 is 10.6 Å². The van der Waals surface area contributed by atoms with E-state index in [-0.39, 0.29) is 5.69 Å². The standard InChI is InChI=1S/C25H18ClN7O2/c26-18-9-5-10-19(13-18)27-25-28-21(17-8-4-11-20(12-17)33(34)35)14-23(30-25)29-24-15-22(31-32-24)16-6-2-1-3-7-16/h1-15H,(H3,27,28,29,30,31,32). The number of non-ortho nitro benzene ring substituents is 1. The van der Waals surface area contributed by atoms with Gasteiger partial charge in [-0.3, -0.25) is 15.2 Å². The molecule has 0 amide bonds. The first-order valence-electron chi connectivity index (χ1n) is 10.6. The second kappa shape index (κ2) is 9.62. The third-order valence-electron chi connectivity index (χ3n) is 5.07. The predicted octanol–water partition coefficient (Wildman–Crippen LogP) is 6.58. The smallest absolute Gasteiger partial charge is 0.270 e. The molecular weight excluding hydrogens is 466 g/mol. The zero-order valence-electron chi connectivity index (χ0n) is 18.1. The molecule has 0 bridgehead atoms. The molecule has 0 saturated carbocycles. The molecule has 0 aliphatic carbocycles. The highest BCUT2D eigenvalue weighted by atomic mass is 35.5. The Hall–Kier alpha value is -4.76. The lowest BCUT2D eigenvalue weighted by atomic mass is 10.1. The summed E-state index contributed by atoms with van der Waals surface area (Å²) in [6, 6.07) is 26.8. The topological polar surface area (TPSA) is 122 Å². The van der Waals surface area contributed by atoms with E-state index in [1.54, 1.807) is 30.3 Å². The number of nitro groups is 1. The van der Waals surface area contributed by atoms with Gasteiger partial charge in [-0.2, -0.15) is 10.1 Å². The minimum atomic E-state index is -0.440. The van der Waals surface area contributed by atoms with Gasteiger partial charge in [-0.25, -0.2) is 4.98 Å². The Kier molecular flexibility index (Phi) is 6.06. The predicted molar refractivity (Wildman–Crippen MR) is 136 cm³/mol. The minimum Gasteiger partial charge on any atom is -0.325 e. The SMILES string of the molecule is O=[N+]([O-])c1cccc(-c2cc(Nc3cc(-c4ccccc4)n[nH]3)nc(Nc3cccc(Cl)c3)n2)c1. The molecular formula is C25H18ClN7O2. The molecule has 0 fully saturated rings. The third-order valence-corrected chi connectivity index (χ3v) is 5.30. The molecule has 5 rings (SSSR count). The zero-order valence-corrected chi connectivity index (χ0v) is 18.9. The first-order valence-corrected chi connectivity index (χ1v) is 11.0. The third kappa shape index (κ3) is 5.26. The largest absolute Gasteiger partial charge is 0.325 e. The Balaban J connectivity index is 1.51. The van der Waals surface area contributed by atoms with Gasteiger partial charge in [0.05, 0.1) is 16.3 Å². The second-order valence-corrected chi connectivity index (χ2v) is 8.00. The van der Waals surface area contributed by atoms with Gasteiger partial charge >= 0.3 is 0 Å². The van der Waals surface area contributed by atoms with E-state index in [1.165, 1.54) is 12.1 Å². The molecule has 0 saturated heterocycles. The van der Waals surface area contributed by atoms with E-state index in [1.807, 2.05) is 48.5 Å². The summed E-state index contributed by atoms with van der Waals surface area (Å²) in [5.74, 6) is 1.39. The van der Waals surface area contributed by atoms with Crippen LogP contribution in [-0.2, 0) is 0 Å². The summed E-state index contributed by atoms with van der Waals surface area (Å²) in [4.78, 5) is 20.0. The fourth-order valence-corrected chi connectivity index (χ4v) is 3.66. The van der Waals surface area contributed by atoms with Crippen molar-refractivity contribution in [3.8, 4) is 22.5 Å². The van der Waals surface area contributed by atoms with E-state index < -0.39 is 4.92 Å². The van der Waals surface area contributed by atoms with Crippen LogP contribution in [0.1, 0.15) is 0 Å². The summed E-state index contributed by atoms with van der Waals surface area (Å²) in [6.07, 6.45) is 0. The molecule has 2 aromatic heterocycles. The number of anilines is 4. The Morgan fingerprint density at radius 1 is 0.800 bits per heavy atom. The number of aromatic nitrogens is 4. The maximum absolute atomic E-state index is 11.3. The van der Waals surface area contributed by atoms with Crippen LogP contribution in [-0.4, -0.2) is 25.1 Å². The number of H-pyrrole nitrogens is 1. The summed E-state index contributed by atoms with van der Waals surface area (Å²) < 4.78 is 0. The number of halogens is 1. The van der Waals surface area contributed by atoms with E-state index in [2.05, 4.69) is 30.8 Å². The van der Waals surface area contributed by atoms with E-state index in [9.17, 15) is 10.1 Å². The molecule has 3 N–H and O–H groups in total. The molecule has 172 valence electrons. The lowest BCUT2D eigenvalue weighted by Crippen LogP contribution is -2.03. The molecule has 0 spiro atoms. The average Bonchev–Trinajstić information content (AvgIpc) is 3.33. The summed E-state index contributed by atoms with van der Waals surface area (Å²) in [5, 5.41) is 25.5. The number of benzene rings is 3. The van der Waals surface area contributed by atoms with Crippen molar-refractivity contribution in [1.82, 2.24) is 20.2 Å². The monoisotopic (exact) mass is 483 g/mol. The number of nitrogens with one attached hydrogen (secondary N) is 3. The summed E-state index contributed by atoms with van der Waals surface area (Å²) >= 11 is 6.11. The van der Waals surface area contributed by atoms with Crippen LogP contribution in [0, 0.1) is 10.1 Å². The Morgan fingerprint density at radius 3 is 2.40 bits per heavy atom. The van der Waals surface area contributed by atoms with Crippen molar-refractivity contribution in [2.75, 3.05) is 10.6 Å². The van der Waals surface area contributed by atoms with Crippen LogP contribution in [0.15, 0.2) is 91.0 Å². The van der Waals surface area contributed by atoms with Gasteiger partial charge in [-0.1, -0.05) is 60.1 Å². The minimum absolute atomic E-state index is 0.0268. The first-order chi connectivity index (χ1) is 17.0. The van der Waals surface area contributed by atoms with Crippen LogP contribution in [0.5, 0.6) is 0 Å². The highest BCUT2D eigenvalue weighted by Crippen LogP contribution is 2.28. The molecule has 10 heteroatoms. The first kappa shape index (κ1) is 22.1. The van der Waals surface area contributed by atoms with Gasteiger partial charge in [0.15, 0.2) is 0 Å². The van der Waals surface area contributed by atoms with Crippen molar-refractivity contribution in [1.29, 1.82) is 0 Å². The maximum Gasteiger partial charge on any atom is 0.270 e. The lowest BCUT2D eigenvalue weighted by Gasteiger charge is -2.11. The second-order valence-electron chi connectivity index (χ2n) is 7.56. The van der Waals surface area contributed by atoms with Crippen molar-refractivity contribution >= 4 is 40.6 Å². The lowest BCUT2D eigenvalue weighted by molar-refractivity contribution is -0.384. The number of nitro benzene ring substituents is 1. The highest BCUT2D eigenvalue weighted by molar-refractivity contribution is 6.30. The Bertz CT molecular complexity index is 1500. The van der Waals surface area contributed by atoms with Gasteiger partial charge in [0.2, 0.25) is 5.95 Å². The normalized spacial score (nSPS) is 10.7. The van der Waals surface area contributed by atoms with Crippen molar-refractivity contribution in [3.05, 3.63) is 106 Å². The van der Waals surface area contributed by atoms with Crippen molar-refractivity contribution in [2.24, 2.45) is 0 Å². The van der Waals surface area contributed by atoms with Crippen molar-refractivity contribution in [2.45, 2.75) is 0 Å². The number of rotatable bonds is 7. The van der Waals surface area contributed by atoms with E-state index in [4.69, 9.17) is 11.6 Å². The molecule has 0 aliphatic heterocycles. The van der Waals surface area contributed by atoms with Crippen LogP contribution >= 0.6 is 11.6 Å². The van der Waals surface area contributed by atoms with E-state index in [0.717, 1.165) is 11.3 Å². The van der Waals surface area contributed by atoms with Gasteiger partial charge in [0, 0.05) is 46.1 Å². The quantitative estimate of drug-likeness (QED) is 0.176. The molecule has 0 unspecified atom stereocenters. The van der Waals surface area contributed by atoms with E-state index in [0.29, 0.717) is 39.6 Å². The molecule has 0 aliphatic rings. The van der Waals surface area contributed by atoms with Crippen LogP contribution in [0.3, 0.4) is 0 Å². The molecule has 35 heavy (non-hydrogen) atoms. The Labute approximate surface area is 205 Å². The van der Waals surface area contributed by atoms with Gasteiger partial charge in [0.1, 0.15) is 11.6 Å². The molecule has 2 heterocycles. The molecule has 0 radical (unpaired) electrons. The van der Waals surface area contributed by atoms with Crippen LogP contribution < -0.4 is 10.6 Å². The maximum atomic E-state index is 11.3. The van der Waals surface area contributed by atoms with Gasteiger partial charge in [-0.05, 0) is 18.2 Å². The average molecular weight is 484 g/mol. The summed E-state index contributed by atoms with van der Waals surface area (Å²) in [5.41, 5.74) is 3.50. The summed E-state index contributed by atoms with van der Waals surface area (Å²) in [6.45, 7) is 0. The number of hydrogen-bond donors (Lipinski definition) is 3. The fourth-order valence-electron chi connectivity index (χ4n) is 3.47. The summed E-state index contributed by atoms with van der Waals surface area (Å²) in [7, 11) is 0. The van der Waals surface area contributed by atoms with Gasteiger partial charge in [-0.15, -0.1) is 0 Å². The molecule has 3 aromatic carbocycles. The van der Waals surface area contributed by atoms with Crippen molar-refractivity contribution < 1.29 is 4.92 Å². The zero-order chi connectivity index (χ0) is 24.2. The fraction of sp³-hybridized carbons (Fsp3) is 0. The number of hydrogen-bond acceptors (Lipinski definition) is 7. The molecule has 9 nitrogen and oxygen atoms in total. The number of nitrogens with zero attached hydrogens (tertiary/aromatic N) is 4. The Morgan fingerprint density at radius 2 is 1.60 bits per heavy atom. The molecule has 5 aromatic rings. The number of aromatic amines is 1. The van der Waals surface area contributed by atoms with Crippen LogP contribution in [0.25, 0.3) is 22.5 Å². The van der Waals surface area contributed by atoms with E-state index >= 15 is 0 Å².